The molecule has 7 aliphatic rings. The number of aldehydes is 1. The van der Waals surface area contributed by atoms with E-state index < -0.39 is 22.7 Å². The molecule has 12 rings (SSSR count). The van der Waals surface area contributed by atoms with Gasteiger partial charge in [0.25, 0.3) is 0 Å². The smallest absolute Gasteiger partial charge is 0.333 e. The summed E-state index contributed by atoms with van der Waals surface area (Å²) in [6.07, 6.45) is 39.1. The Bertz CT molecular complexity index is 3670. The Balaban J connectivity index is 0.000000223. The first-order valence-electron chi connectivity index (χ1n) is 44.4. The van der Waals surface area contributed by atoms with Gasteiger partial charge in [0.15, 0.2) is 22.4 Å². The molecule has 1 saturated heterocycles. The minimum absolute atomic E-state index is 0. The van der Waals surface area contributed by atoms with Crippen LogP contribution >= 0.6 is 0 Å². The summed E-state index contributed by atoms with van der Waals surface area (Å²) in [5.41, 5.74) is 11.0. The lowest BCUT2D eigenvalue weighted by Gasteiger charge is -2.37. The first-order valence-corrected chi connectivity index (χ1v) is 50.2. The summed E-state index contributed by atoms with van der Waals surface area (Å²) in [5, 5.41) is 19.5. The topological polar surface area (TPSA) is 213 Å². The number of aliphatic hydroxyl groups excluding tert-OH is 2. The molecular weight excluding hydrogens is 1530 g/mol. The van der Waals surface area contributed by atoms with E-state index in [1.165, 1.54) is 97.4 Å². The highest BCUT2D eigenvalue weighted by molar-refractivity contribution is 6.74. The number of methoxy groups -OCH3 is 2. The Kier molecular flexibility index (Phi) is 46.9. The monoisotopic (exact) mass is 1680 g/mol. The lowest BCUT2D eigenvalue weighted by atomic mass is 9.78. The van der Waals surface area contributed by atoms with Crippen molar-refractivity contribution in [3.05, 3.63) is 208 Å². The van der Waals surface area contributed by atoms with E-state index >= 15 is 0 Å². The Hall–Kier alpha value is -6.31. The highest BCUT2D eigenvalue weighted by Crippen LogP contribution is 2.42. The van der Waals surface area contributed by atoms with Crippen LogP contribution in [-0.2, 0) is 94.0 Å². The zero-order chi connectivity index (χ0) is 84.9. The maximum Gasteiger partial charge on any atom is 0.333 e. The summed E-state index contributed by atoms with van der Waals surface area (Å²) in [7, 11) is -0.468. The second kappa shape index (κ2) is 55.0. The third-order valence-corrected chi connectivity index (χ3v) is 34.3. The minimum atomic E-state index is -1.65. The van der Waals surface area contributed by atoms with Gasteiger partial charge in [-0.2, -0.15) is 0 Å². The van der Waals surface area contributed by atoms with Crippen molar-refractivity contribution in [2.45, 2.75) is 284 Å². The molecule has 119 heavy (non-hydrogen) atoms. The van der Waals surface area contributed by atoms with Crippen molar-refractivity contribution in [1.82, 2.24) is 9.97 Å². The van der Waals surface area contributed by atoms with Crippen molar-refractivity contribution in [3.63, 3.8) is 0 Å². The number of H-pyrrole nitrogens is 1. The Morgan fingerprint density at radius 1 is 0.513 bits per heavy atom. The van der Waals surface area contributed by atoms with E-state index in [9.17, 15) is 19.5 Å². The molecule has 5 aromatic rings. The van der Waals surface area contributed by atoms with Gasteiger partial charge in [-0.3, -0.25) is 4.79 Å². The van der Waals surface area contributed by atoms with Crippen LogP contribution in [0.3, 0.4) is 0 Å². The molecule has 6 aliphatic carbocycles. The van der Waals surface area contributed by atoms with Crippen molar-refractivity contribution in [2.75, 3.05) is 73.7 Å². The number of imidazole rings is 1. The first-order chi connectivity index (χ1) is 56.8. The normalized spacial score (nSPS) is 21.2. The van der Waals surface area contributed by atoms with E-state index in [2.05, 4.69) is 157 Å². The van der Waals surface area contributed by atoms with Gasteiger partial charge in [-0.05, 0) is 252 Å². The number of allylic oxidation sites excluding steroid dienone is 4. The van der Waals surface area contributed by atoms with Gasteiger partial charge in [-0.15, -0.1) is 0 Å². The summed E-state index contributed by atoms with van der Waals surface area (Å²) < 4.78 is 56.8. The summed E-state index contributed by atoms with van der Waals surface area (Å²) >= 11 is 0. The number of nitrogens with one attached hydrogen (secondary N) is 1. The van der Waals surface area contributed by atoms with Crippen molar-refractivity contribution in [2.24, 2.45) is 41.4 Å². The number of nitrogens with zero attached hydrogens (tertiary/aromatic N) is 1. The van der Waals surface area contributed by atoms with Crippen LogP contribution < -0.4 is 0 Å². The average Bonchev–Trinajstić information content (AvgIpc) is 1.66. The molecule has 2 saturated carbocycles. The van der Waals surface area contributed by atoms with E-state index in [-0.39, 0.29) is 47.8 Å². The number of rotatable bonds is 33. The predicted octanol–water partition coefficient (Wildman–Crippen LogP) is 22.5. The Labute approximate surface area is 719 Å². The average molecular weight is 1680 g/mol. The van der Waals surface area contributed by atoms with Gasteiger partial charge in [0.05, 0.1) is 92.0 Å². The quantitative estimate of drug-likeness (QED) is 0.0117. The van der Waals surface area contributed by atoms with Crippen molar-refractivity contribution in [3.8, 4) is 0 Å². The second-order valence-corrected chi connectivity index (χ2v) is 46.2. The predicted molar refractivity (Wildman–Crippen MR) is 485 cm³/mol. The molecule has 1 aliphatic heterocycles. The fraction of sp³-hybridized carbons (Fsp3) is 0.620. The van der Waals surface area contributed by atoms with Gasteiger partial charge < -0.3 is 66.7 Å². The zero-order valence-corrected chi connectivity index (χ0v) is 76.2. The molecule has 4 aromatic carbocycles. The van der Waals surface area contributed by atoms with Crippen LogP contribution in [0.5, 0.6) is 0 Å². The number of ether oxygens (including phenoxy) is 8. The maximum atomic E-state index is 11.6. The van der Waals surface area contributed by atoms with Crippen LogP contribution in [0.2, 0.25) is 36.3 Å². The highest BCUT2D eigenvalue weighted by Gasteiger charge is 2.41. The molecule has 7 atom stereocenters. The van der Waals surface area contributed by atoms with Crippen LogP contribution in [-0.4, -0.2) is 141 Å². The van der Waals surface area contributed by atoms with E-state index in [4.69, 9.17) is 51.9 Å². The van der Waals surface area contributed by atoms with Crippen molar-refractivity contribution in [1.29, 1.82) is 0 Å². The molecule has 3 N–H and O–H groups in total. The molecule has 0 radical (unpaired) electrons. The van der Waals surface area contributed by atoms with Gasteiger partial charge in [0, 0.05) is 63.2 Å². The summed E-state index contributed by atoms with van der Waals surface area (Å²) in [5.74, 6) is 2.62. The molecule has 1 spiro atoms. The SMILES string of the molecule is C.CC(C)(C)[Si](C)(C)OCC1=CCCC(CC=O)C1.CC(C)(C)[Si](C)(C)OCC1=CCCC(CCOCc2ccccc2)C1.COC(=O)C1=CCCC(CCOCc2ccccc2)C1.COC(=O)C1CC(CCOCc2ccccc2)CCC1O.OCC1=CCCC(Cc2cnc[nH]2)C1.c1ccc(COCCC2CCC3(CC2)OCCO3)cc1. The molecule has 662 valence electrons. The van der Waals surface area contributed by atoms with E-state index in [0.29, 0.717) is 62.8 Å². The first kappa shape index (κ1) is 101. The van der Waals surface area contributed by atoms with Crippen LogP contribution in [0.25, 0.3) is 0 Å². The third-order valence-electron chi connectivity index (χ3n) is 25.4. The molecule has 3 fully saturated rings. The largest absolute Gasteiger partial charge is 0.469 e. The summed E-state index contributed by atoms with van der Waals surface area (Å²) in [4.78, 5) is 40.8. The van der Waals surface area contributed by atoms with Crippen LogP contribution in [0, 0.1) is 41.4 Å². The maximum absolute atomic E-state index is 11.6. The molecule has 0 amide bonds. The van der Waals surface area contributed by atoms with Crippen LogP contribution in [0.4, 0.5) is 0 Å². The van der Waals surface area contributed by atoms with Gasteiger partial charge in [0.1, 0.15) is 6.29 Å². The number of aliphatic hydroxyl groups is 2. The molecule has 17 nitrogen and oxygen atoms in total. The second-order valence-electron chi connectivity index (χ2n) is 36.6. The van der Waals surface area contributed by atoms with Gasteiger partial charge >= 0.3 is 11.9 Å². The number of aromatic nitrogens is 2. The number of esters is 2. The highest BCUT2D eigenvalue weighted by atomic mass is 28.4. The van der Waals surface area contributed by atoms with Gasteiger partial charge in [-0.1, -0.05) is 195 Å². The molecule has 7 unspecified atom stereocenters. The third kappa shape index (κ3) is 39.0. The number of carbonyl (C=O) groups is 3. The Morgan fingerprint density at radius 2 is 0.924 bits per heavy atom. The molecule has 2 heterocycles. The van der Waals surface area contributed by atoms with E-state index in [1.54, 1.807) is 6.33 Å². The summed E-state index contributed by atoms with van der Waals surface area (Å²) in [6.45, 7) is 32.2. The van der Waals surface area contributed by atoms with Gasteiger partial charge in [-0.25, -0.2) is 9.78 Å². The number of carbonyl (C=O) groups excluding carboxylic acids is 3. The fourth-order valence-corrected chi connectivity index (χ4v) is 17.7. The molecule has 0 bridgehead atoms. The lowest BCUT2D eigenvalue weighted by molar-refractivity contribution is -0.183. The molecular formula is C100H154N2O15Si2. The number of benzene rings is 4. The number of hydrogen-bond acceptors (Lipinski definition) is 16. The Morgan fingerprint density at radius 3 is 1.35 bits per heavy atom. The molecule has 1 aromatic heterocycles. The zero-order valence-electron chi connectivity index (χ0n) is 74.2. The standard InChI is InChI=1S/C22H36O2Si.C17H24O4.C17H24O3.C17H22O3.C15H28O2Si.C11H16N2O.CH4/c1-22(2,3)25(4,5)24-18-21-13-9-12-19(16-21)14-15-23-17-20-10-7-6-8-11-20;1-20-17(19)15-11-13(7-8-16(15)18)9-10-21-12-14-5-3-2-4-6-14;1-2-4-16(5-3-1)14-18-11-8-15-6-9-17(10-7-15)19-12-13-20-17;1-19-17(18)16-9-5-8-14(12-16)10-11-20-13-15-6-3-2-4-7-15;1-15(2,3)18(4,5)17-12-14-8-6-7-13(11-14)9-10-16;14-7-10-3-1-2-9(4-10)5-11-6-12-8-13-11;/h6-8,10-11,13,19H,9,12,14-18H2,1-5H3;2-6,13,15-16,18H,7-12H2,1H3;1-5,15H,6-14H2;2-4,6-7,9,14H,5,8,10-13H2,1H3;8,10,13H,6-7,9,11-12H2,1-5H3;3,6,8-9,14H,1-2,4-5,7H2,(H,12,13);1H4. The number of aromatic amines is 1. The van der Waals surface area contributed by atoms with E-state index in [1.807, 2.05) is 72.9 Å². The van der Waals surface area contributed by atoms with Crippen LogP contribution in [0.15, 0.2) is 180 Å². The molecule has 19 heteroatoms. The number of hydrogen-bond donors (Lipinski definition) is 3. The minimum Gasteiger partial charge on any atom is -0.469 e. The van der Waals surface area contributed by atoms with Crippen molar-refractivity contribution < 1.29 is 71.3 Å². The summed E-state index contributed by atoms with van der Waals surface area (Å²) in [6, 6.07) is 41.1. The van der Waals surface area contributed by atoms with Crippen LogP contribution in [0.1, 0.15) is 231 Å². The van der Waals surface area contributed by atoms with Gasteiger partial charge in [0.2, 0.25) is 0 Å². The lowest BCUT2D eigenvalue weighted by Crippen LogP contribution is -2.41. The van der Waals surface area contributed by atoms with Crippen molar-refractivity contribution >= 4 is 34.9 Å². The van der Waals surface area contributed by atoms with E-state index in [0.717, 1.165) is 186 Å². The fourth-order valence-electron chi connectivity index (χ4n) is 15.7.